The number of fused-ring (bicyclic) bond motifs is 1. The summed E-state index contributed by atoms with van der Waals surface area (Å²) in [6.45, 7) is 2.92. The Morgan fingerprint density at radius 2 is 2.30 bits per heavy atom. The van der Waals surface area contributed by atoms with Crippen LogP contribution in [0.1, 0.15) is 26.2 Å². The lowest BCUT2D eigenvalue weighted by Crippen LogP contribution is -2.26. The standard InChI is InChI=1S/C14H17ClN2OS2/c1-2-3-4-7-16-13(18)9-19-14-17-11-8-10(15)5-6-12(11)20-14/h5-6,8H,2-4,7,9H2,1H3,(H,16,18). The zero-order valence-electron chi connectivity index (χ0n) is 11.3. The quantitative estimate of drug-likeness (QED) is 0.607. The highest BCUT2D eigenvalue weighted by molar-refractivity contribution is 8.01. The molecule has 0 radical (unpaired) electrons. The molecular formula is C14H17ClN2OS2. The number of thiazole rings is 1. The van der Waals surface area contributed by atoms with Crippen LogP contribution in [-0.2, 0) is 4.79 Å². The van der Waals surface area contributed by atoms with E-state index >= 15 is 0 Å². The molecule has 1 aromatic heterocycles. The first-order valence-electron chi connectivity index (χ1n) is 6.64. The Morgan fingerprint density at radius 1 is 1.45 bits per heavy atom. The Hall–Kier alpha value is -0.780. The predicted octanol–water partition coefficient (Wildman–Crippen LogP) is 4.35. The molecule has 0 spiro atoms. The van der Waals surface area contributed by atoms with Crippen molar-refractivity contribution in [1.82, 2.24) is 10.3 Å². The highest BCUT2D eigenvalue weighted by Gasteiger charge is 2.07. The summed E-state index contributed by atoms with van der Waals surface area (Å²) in [5.41, 5.74) is 0.897. The molecule has 0 bridgehead atoms. The Bertz CT molecular complexity index is 586. The Balaban J connectivity index is 1.81. The van der Waals surface area contributed by atoms with Crippen LogP contribution in [-0.4, -0.2) is 23.2 Å². The van der Waals surface area contributed by atoms with Crippen LogP contribution < -0.4 is 5.32 Å². The minimum atomic E-state index is 0.0726. The Kier molecular flexibility index (Phi) is 6.13. The monoisotopic (exact) mass is 328 g/mol. The fraction of sp³-hybridized carbons (Fsp3) is 0.429. The molecule has 1 heterocycles. The molecule has 0 aliphatic carbocycles. The van der Waals surface area contributed by atoms with Crippen LogP contribution in [0.25, 0.3) is 10.2 Å². The number of benzene rings is 1. The molecule has 20 heavy (non-hydrogen) atoms. The highest BCUT2D eigenvalue weighted by Crippen LogP contribution is 2.30. The molecule has 1 N–H and O–H groups in total. The number of amides is 1. The summed E-state index contributed by atoms with van der Waals surface area (Å²) in [6, 6.07) is 5.67. The summed E-state index contributed by atoms with van der Waals surface area (Å²) in [4.78, 5) is 16.1. The molecule has 0 aliphatic heterocycles. The third-order valence-electron chi connectivity index (χ3n) is 2.76. The van der Waals surface area contributed by atoms with Crippen molar-refractivity contribution in [2.75, 3.05) is 12.3 Å². The second-order valence-electron chi connectivity index (χ2n) is 4.44. The van der Waals surface area contributed by atoms with Crippen LogP contribution in [0.2, 0.25) is 5.02 Å². The minimum absolute atomic E-state index is 0.0726. The third-order valence-corrected chi connectivity index (χ3v) is 5.17. The lowest BCUT2D eigenvalue weighted by Gasteiger charge is -2.02. The van der Waals surface area contributed by atoms with E-state index in [0.29, 0.717) is 10.8 Å². The molecule has 1 aromatic carbocycles. The molecule has 0 unspecified atom stereocenters. The molecule has 6 heteroatoms. The molecule has 1 amide bonds. The van der Waals surface area contributed by atoms with Gasteiger partial charge in [-0.1, -0.05) is 43.1 Å². The van der Waals surface area contributed by atoms with Gasteiger partial charge in [0, 0.05) is 11.6 Å². The summed E-state index contributed by atoms with van der Waals surface area (Å²) in [5, 5.41) is 3.61. The van der Waals surface area contributed by atoms with Gasteiger partial charge in [-0.25, -0.2) is 4.98 Å². The van der Waals surface area contributed by atoms with E-state index in [4.69, 9.17) is 11.6 Å². The fourth-order valence-corrected chi connectivity index (χ4v) is 3.77. The second kappa shape index (κ2) is 7.86. The van der Waals surface area contributed by atoms with Gasteiger partial charge >= 0.3 is 0 Å². The van der Waals surface area contributed by atoms with Crippen molar-refractivity contribution in [2.45, 2.75) is 30.5 Å². The highest BCUT2D eigenvalue weighted by atomic mass is 35.5. The number of hydrogen-bond donors (Lipinski definition) is 1. The van der Waals surface area contributed by atoms with Crippen molar-refractivity contribution < 1.29 is 4.79 Å². The molecule has 0 saturated heterocycles. The van der Waals surface area contributed by atoms with Gasteiger partial charge in [0.15, 0.2) is 4.34 Å². The number of thioether (sulfide) groups is 1. The van der Waals surface area contributed by atoms with Crippen LogP contribution >= 0.6 is 34.7 Å². The van der Waals surface area contributed by atoms with Crippen LogP contribution in [0.5, 0.6) is 0 Å². The van der Waals surface area contributed by atoms with Gasteiger partial charge in [-0.2, -0.15) is 0 Å². The van der Waals surface area contributed by atoms with E-state index in [2.05, 4.69) is 17.2 Å². The number of nitrogens with zero attached hydrogens (tertiary/aromatic N) is 1. The summed E-state index contributed by atoms with van der Waals surface area (Å²) < 4.78 is 2.01. The smallest absolute Gasteiger partial charge is 0.230 e. The zero-order valence-corrected chi connectivity index (χ0v) is 13.7. The average molecular weight is 329 g/mol. The zero-order chi connectivity index (χ0) is 14.4. The Morgan fingerprint density at radius 3 is 3.10 bits per heavy atom. The lowest BCUT2D eigenvalue weighted by molar-refractivity contribution is -0.118. The molecule has 0 atom stereocenters. The normalized spacial score (nSPS) is 10.9. The van der Waals surface area contributed by atoms with Crippen molar-refractivity contribution in [1.29, 1.82) is 0 Å². The van der Waals surface area contributed by atoms with Gasteiger partial charge in [-0.3, -0.25) is 4.79 Å². The second-order valence-corrected chi connectivity index (χ2v) is 7.13. The number of halogens is 1. The first kappa shape index (κ1) is 15.6. The molecule has 3 nitrogen and oxygen atoms in total. The molecule has 108 valence electrons. The number of hydrogen-bond acceptors (Lipinski definition) is 4. The maximum Gasteiger partial charge on any atom is 0.230 e. The van der Waals surface area contributed by atoms with Gasteiger partial charge in [0.25, 0.3) is 0 Å². The summed E-state index contributed by atoms with van der Waals surface area (Å²) in [6.07, 6.45) is 3.37. The topological polar surface area (TPSA) is 42.0 Å². The largest absolute Gasteiger partial charge is 0.355 e. The third kappa shape index (κ3) is 4.65. The maximum absolute atomic E-state index is 11.7. The number of carbonyl (C=O) groups is 1. The van der Waals surface area contributed by atoms with Crippen LogP contribution in [0.3, 0.4) is 0 Å². The van der Waals surface area contributed by atoms with Gasteiger partial charge in [0.05, 0.1) is 16.0 Å². The molecule has 2 aromatic rings. The van der Waals surface area contributed by atoms with E-state index in [-0.39, 0.29) is 5.91 Å². The molecule has 0 fully saturated rings. The van der Waals surface area contributed by atoms with Crippen molar-refractivity contribution in [2.24, 2.45) is 0 Å². The average Bonchev–Trinajstić information content (AvgIpc) is 2.83. The first-order chi connectivity index (χ1) is 9.69. The minimum Gasteiger partial charge on any atom is -0.355 e. The van der Waals surface area contributed by atoms with Crippen molar-refractivity contribution in [3.63, 3.8) is 0 Å². The molecule has 0 aliphatic rings. The number of carbonyl (C=O) groups excluding carboxylic acids is 1. The summed E-state index contributed by atoms with van der Waals surface area (Å²) in [7, 11) is 0. The van der Waals surface area contributed by atoms with E-state index in [0.717, 1.165) is 33.9 Å². The molecule has 2 rings (SSSR count). The first-order valence-corrected chi connectivity index (χ1v) is 8.82. The molecular weight excluding hydrogens is 312 g/mol. The lowest BCUT2D eigenvalue weighted by atomic mass is 10.2. The number of nitrogens with one attached hydrogen (secondary N) is 1. The number of aromatic nitrogens is 1. The van der Waals surface area contributed by atoms with E-state index in [1.54, 1.807) is 11.3 Å². The fourth-order valence-electron chi connectivity index (χ4n) is 1.72. The van der Waals surface area contributed by atoms with E-state index in [1.807, 2.05) is 18.2 Å². The van der Waals surface area contributed by atoms with Crippen LogP contribution in [0, 0.1) is 0 Å². The van der Waals surface area contributed by atoms with Gasteiger partial charge in [-0.05, 0) is 24.6 Å². The SMILES string of the molecule is CCCCCNC(=O)CSc1nc2cc(Cl)ccc2s1. The van der Waals surface area contributed by atoms with Crippen LogP contribution in [0.15, 0.2) is 22.5 Å². The maximum atomic E-state index is 11.7. The summed E-state index contributed by atoms with van der Waals surface area (Å²) >= 11 is 9.00. The van der Waals surface area contributed by atoms with E-state index < -0.39 is 0 Å². The Labute approximate surface area is 132 Å². The molecule has 0 saturated carbocycles. The van der Waals surface area contributed by atoms with Gasteiger partial charge < -0.3 is 5.32 Å². The van der Waals surface area contributed by atoms with Crippen molar-refractivity contribution in [3.8, 4) is 0 Å². The van der Waals surface area contributed by atoms with Gasteiger partial charge in [0.2, 0.25) is 5.91 Å². The van der Waals surface area contributed by atoms with Crippen molar-refractivity contribution >= 4 is 50.8 Å². The number of rotatable bonds is 7. The summed E-state index contributed by atoms with van der Waals surface area (Å²) in [5.74, 6) is 0.489. The van der Waals surface area contributed by atoms with Crippen molar-refractivity contribution in [3.05, 3.63) is 23.2 Å². The predicted molar refractivity (Wildman–Crippen MR) is 87.9 cm³/mol. The van der Waals surface area contributed by atoms with E-state index in [9.17, 15) is 4.79 Å². The number of unbranched alkanes of at least 4 members (excludes halogenated alkanes) is 2. The van der Waals surface area contributed by atoms with Gasteiger partial charge in [-0.15, -0.1) is 11.3 Å². The van der Waals surface area contributed by atoms with Gasteiger partial charge in [0.1, 0.15) is 0 Å². The van der Waals surface area contributed by atoms with E-state index in [1.165, 1.54) is 18.2 Å². The van der Waals surface area contributed by atoms with Crippen LogP contribution in [0.4, 0.5) is 0 Å².